The maximum Gasteiger partial charge on any atom is 0.156 e. The Morgan fingerprint density at radius 1 is 1.00 bits per heavy atom. The van der Waals surface area contributed by atoms with Gasteiger partial charge < -0.3 is 10.3 Å². The van der Waals surface area contributed by atoms with E-state index in [1.165, 1.54) is 22.1 Å². The molecule has 0 saturated carbocycles. The second-order valence-corrected chi connectivity index (χ2v) is 6.47. The maximum absolute atomic E-state index is 5.92. The Morgan fingerprint density at radius 3 is 2.48 bits per heavy atom. The van der Waals surface area contributed by atoms with Crippen LogP contribution >= 0.6 is 0 Å². The molecular weight excluding hydrogens is 310 g/mol. The van der Waals surface area contributed by atoms with E-state index in [-0.39, 0.29) is 0 Å². The van der Waals surface area contributed by atoms with Gasteiger partial charge in [-0.1, -0.05) is 11.6 Å². The van der Waals surface area contributed by atoms with Crippen LogP contribution in [0.5, 0.6) is 0 Å². The van der Waals surface area contributed by atoms with E-state index in [4.69, 9.17) is 10.7 Å². The Morgan fingerprint density at radius 2 is 1.76 bits per heavy atom. The average Bonchev–Trinajstić information content (AvgIpc) is 3.24. The van der Waals surface area contributed by atoms with Gasteiger partial charge in [0.15, 0.2) is 5.82 Å². The predicted octanol–water partition coefficient (Wildman–Crippen LogP) is 3.60. The quantitative estimate of drug-likeness (QED) is 0.624. The van der Waals surface area contributed by atoms with E-state index in [9.17, 15) is 0 Å². The molecule has 0 radical (unpaired) electrons. The van der Waals surface area contributed by atoms with Crippen LogP contribution in [0.4, 0.5) is 0 Å². The Labute approximate surface area is 146 Å². The van der Waals surface area contributed by atoms with Crippen LogP contribution < -0.4 is 5.73 Å². The molecule has 0 unspecified atom stereocenters. The minimum Gasteiger partial charge on any atom is -0.326 e. The van der Waals surface area contributed by atoms with Gasteiger partial charge in [-0.2, -0.15) is 9.78 Å². The van der Waals surface area contributed by atoms with Gasteiger partial charge in [0.25, 0.3) is 0 Å². The lowest BCUT2D eigenvalue weighted by Gasteiger charge is -2.13. The van der Waals surface area contributed by atoms with Gasteiger partial charge in [-0.3, -0.25) is 0 Å². The van der Waals surface area contributed by atoms with Gasteiger partial charge in [-0.15, -0.1) is 0 Å². The Bertz CT molecular complexity index is 1060. The molecule has 0 spiro atoms. The summed E-state index contributed by atoms with van der Waals surface area (Å²) in [5.74, 6) is 1.74. The fourth-order valence-electron chi connectivity index (χ4n) is 3.37. The van der Waals surface area contributed by atoms with Gasteiger partial charge in [-0.05, 0) is 56.2 Å². The first-order valence-electron chi connectivity index (χ1n) is 8.38. The van der Waals surface area contributed by atoms with Crippen LogP contribution in [0.15, 0.2) is 48.9 Å². The average molecular weight is 331 g/mol. The van der Waals surface area contributed by atoms with E-state index < -0.39 is 0 Å². The molecule has 0 aliphatic rings. The van der Waals surface area contributed by atoms with Crippen LogP contribution in [0.2, 0.25) is 0 Å². The molecule has 0 aliphatic carbocycles. The largest absolute Gasteiger partial charge is 0.326 e. The van der Waals surface area contributed by atoms with Crippen LogP contribution in [0.1, 0.15) is 22.3 Å². The highest BCUT2D eigenvalue weighted by Crippen LogP contribution is 2.26. The molecule has 126 valence electrons. The second kappa shape index (κ2) is 5.86. The molecule has 25 heavy (non-hydrogen) atoms. The third-order valence-corrected chi connectivity index (χ3v) is 4.54. The van der Waals surface area contributed by atoms with Crippen molar-refractivity contribution in [2.45, 2.75) is 27.3 Å². The zero-order valence-electron chi connectivity index (χ0n) is 14.7. The topological polar surface area (TPSA) is 61.7 Å². The molecule has 0 bridgehead atoms. The summed E-state index contributed by atoms with van der Waals surface area (Å²) in [6.07, 6.45) is 5.81. The van der Waals surface area contributed by atoms with Gasteiger partial charge in [0.1, 0.15) is 5.82 Å². The van der Waals surface area contributed by atoms with Crippen LogP contribution in [0.3, 0.4) is 0 Å². The standard InChI is InChI=1S/C20H21N5/c1-13-8-15(3)19-17(9-13)14(2)10-18(23-19)25-20(16(11-21)12-22-25)24-6-4-5-7-24/h4-10,12H,11,21H2,1-3H3. The lowest BCUT2D eigenvalue weighted by molar-refractivity contribution is 0.798. The summed E-state index contributed by atoms with van der Waals surface area (Å²) in [4.78, 5) is 4.91. The maximum atomic E-state index is 5.92. The minimum absolute atomic E-state index is 0.429. The summed E-state index contributed by atoms with van der Waals surface area (Å²) in [5.41, 5.74) is 11.5. The summed E-state index contributed by atoms with van der Waals surface area (Å²) >= 11 is 0. The van der Waals surface area contributed by atoms with Crippen molar-refractivity contribution in [2.24, 2.45) is 5.73 Å². The van der Waals surface area contributed by atoms with Crippen LogP contribution in [-0.4, -0.2) is 19.3 Å². The third-order valence-electron chi connectivity index (χ3n) is 4.54. The smallest absolute Gasteiger partial charge is 0.156 e. The highest BCUT2D eigenvalue weighted by atomic mass is 15.4. The highest BCUT2D eigenvalue weighted by molar-refractivity contribution is 5.86. The van der Waals surface area contributed by atoms with Gasteiger partial charge in [-0.25, -0.2) is 4.98 Å². The first kappa shape index (κ1) is 15.6. The van der Waals surface area contributed by atoms with E-state index in [1.54, 1.807) is 0 Å². The van der Waals surface area contributed by atoms with Crippen LogP contribution in [0.25, 0.3) is 22.5 Å². The van der Waals surface area contributed by atoms with E-state index in [0.717, 1.165) is 22.7 Å². The predicted molar refractivity (Wildman–Crippen MR) is 100 cm³/mol. The lowest BCUT2D eigenvalue weighted by atomic mass is 10.0. The van der Waals surface area contributed by atoms with Crippen LogP contribution in [-0.2, 0) is 6.54 Å². The molecule has 1 aromatic carbocycles. The number of nitrogens with zero attached hydrogens (tertiary/aromatic N) is 4. The van der Waals surface area contributed by atoms with E-state index in [2.05, 4.69) is 44.1 Å². The molecule has 0 amide bonds. The number of hydrogen-bond acceptors (Lipinski definition) is 3. The highest BCUT2D eigenvalue weighted by Gasteiger charge is 2.15. The van der Waals surface area contributed by atoms with Crippen molar-refractivity contribution >= 4 is 10.9 Å². The first-order valence-corrected chi connectivity index (χ1v) is 8.38. The number of aryl methyl sites for hydroxylation is 3. The molecule has 4 rings (SSSR count). The lowest BCUT2D eigenvalue weighted by Crippen LogP contribution is -2.09. The van der Waals surface area contributed by atoms with Crippen molar-refractivity contribution < 1.29 is 0 Å². The van der Waals surface area contributed by atoms with Gasteiger partial charge in [0.2, 0.25) is 0 Å². The molecule has 0 saturated heterocycles. The van der Waals surface area contributed by atoms with Gasteiger partial charge in [0.05, 0.1) is 11.7 Å². The second-order valence-electron chi connectivity index (χ2n) is 6.47. The number of rotatable bonds is 3. The molecule has 2 N–H and O–H groups in total. The molecule has 0 aliphatic heterocycles. The van der Waals surface area contributed by atoms with Crippen LogP contribution in [0, 0.1) is 20.8 Å². The summed E-state index contributed by atoms with van der Waals surface area (Å²) < 4.78 is 3.90. The Hall–Kier alpha value is -2.92. The molecule has 3 heterocycles. The summed E-state index contributed by atoms with van der Waals surface area (Å²) in [6.45, 7) is 6.77. The molecule has 3 aromatic heterocycles. The zero-order valence-corrected chi connectivity index (χ0v) is 14.7. The summed E-state index contributed by atoms with van der Waals surface area (Å²) in [6, 6.07) is 10.4. The van der Waals surface area contributed by atoms with Crippen molar-refractivity contribution in [3.8, 4) is 11.6 Å². The van der Waals surface area contributed by atoms with E-state index in [1.807, 2.05) is 40.0 Å². The molecule has 0 atom stereocenters. The van der Waals surface area contributed by atoms with Crippen molar-refractivity contribution in [3.05, 3.63) is 71.2 Å². The number of pyridine rings is 1. The van der Waals surface area contributed by atoms with Crippen molar-refractivity contribution in [1.82, 2.24) is 19.3 Å². The monoisotopic (exact) mass is 331 g/mol. The number of nitrogens with two attached hydrogens (primary N) is 1. The minimum atomic E-state index is 0.429. The number of hydrogen-bond donors (Lipinski definition) is 1. The normalized spacial score (nSPS) is 11.4. The molecular formula is C20H21N5. The van der Waals surface area contributed by atoms with Gasteiger partial charge >= 0.3 is 0 Å². The third kappa shape index (κ3) is 2.53. The molecule has 5 nitrogen and oxygen atoms in total. The van der Waals surface area contributed by atoms with Crippen molar-refractivity contribution in [3.63, 3.8) is 0 Å². The van der Waals surface area contributed by atoms with E-state index >= 15 is 0 Å². The number of fused-ring (bicyclic) bond motifs is 1. The summed E-state index contributed by atoms with van der Waals surface area (Å²) in [7, 11) is 0. The molecule has 4 aromatic rings. The fourth-order valence-corrected chi connectivity index (χ4v) is 3.37. The fraction of sp³-hybridized carbons (Fsp3) is 0.200. The molecule has 5 heteroatoms. The number of benzene rings is 1. The van der Waals surface area contributed by atoms with Crippen molar-refractivity contribution in [1.29, 1.82) is 0 Å². The Balaban J connectivity index is 1.99. The van der Waals surface area contributed by atoms with Gasteiger partial charge in [0, 0.05) is 29.9 Å². The number of aromatic nitrogens is 4. The SMILES string of the molecule is Cc1cc(C)c2nc(-n3ncc(CN)c3-n3cccc3)cc(C)c2c1. The Kier molecular flexibility index (Phi) is 3.66. The summed E-state index contributed by atoms with van der Waals surface area (Å²) in [5, 5.41) is 5.75. The van der Waals surface area contributed by atoms with E-state index in [0.29, 0.717) is 6.54 Å². The van der Waals surface area contributed by atoms with Crippen molar-refractivity contribution in [2.75, 3.05) is 0 Å². The molecule has 0 fully saturated rings. The zero-order chi connectivity index (χ0) is 17.6. The first-order chi connectivity index (χ1) is 12.1.